The van der Waals surface area contributed by atoms with Crippen LogP contribution in [0.15, 0.2) is 0 Å². The van der Waals surface area contributed by atoms with Gasteiger partial charge in [-0.05, 0) is 32.5 Å². The van der Waals surface area contributed by atoms with Gasteiger partial charge in [-0.15, -0.1) is 0 Å². The summed E-state index contributed by atoms with van der Waals surface area (Å²) in [6.45, 7) is 13.7. The molecule has 2 atom stereocenters. The molecule has 0 radical (unpaired) electrons. The zero-order valence-electron chi connectivity index (χ0n) is 8.84. The fourth-order valence-electron chi connectivity index (χ4n) is 1.82. The van der Waals surface area contributed by atoms with Gasteiger partial charge in [-0.3, -0.25) is 0 Å². The minimum atomic E-state index is -1.45. The third-order valence-electron chi connectivity index (χ3n) is 2.34. The minimum absolute atomic E-state index is 0.139. The summed E-state index contributed by atoms with van der Waals surface area (Å²) in [5, 5.41) is 0. The smallest absolute Gasteiger partial charge is 0.248 e. The Morgan fingerprint density at radius 2 is 1.85 bits per heavy atom. The van der Waals surface area contributed by atoms with Gasteiger partial charge < -0.3 is 9.27 Å². The van der Waals surface area contributed by atoms with Gasteiger partial charge in [0.25, 0.3) is 0 Å². The van der Waals surface area contributed by atoms with Gasteiger partial charge in [0.15, 0.2) is 8.32 Å². The van der Waals surface area contributed by atoms with E-state index in [1.807, 2.05) is 0 Å². The molecule has 1 saturated carbocycles. The highest BCUT2D eigenvalue weighted by Crippen LogP contribution is 2.26. The highest BCUT2D eigenvalue weighted by atomic mass is 28.4. The second-order valence-corrected chi connectivity index (χ2v) is 9.21. The molecule has 0 N–H and O–H groups in total. The zero-order chi connectivity index (χ0) is 9.90. The lowest BCUT2D eigenvalue weighted by Crippen LogP contribution is -2.39. The van der Waals surface area contributed by atoms with E-state index in [9.17, 15) is 0 Å². The van der Waals surface area contributed by atoms with Crippen molar-refractivity contribution in [1.82, 2.24) is 0 Å². The quantitative estimate of drug-likeness (QED) is 0.490. The summed E-state index contributed by atoms with van der Waals surface area (Å²) in [7, 11) is -1.45. The monoisotopic (exact) mass is 197 g/mol. The van der Waals surface area contributed by atoms with Gasteiger partial charge in [0.1, 0.15) is 6.10 Å². The molecule has 0 aromatic heterocycles. The summed E-state index contributed by atoms with van der Waals surface area (Å²) in [6.07, 6.45) is 4.81. The molecule has 1 fully saturated rings. The van der Waals surface area contributed by atoms with Crippen molar-refractivity contribution in [2.75, 3.05) is 0 Å². The van der Waals surface area contributed by atoms with Crippen molar-refractivity contribution < 1.29 is 4.43 Å². The Hall–Kier alpha value is -0.333. The van der Waals surface area contributed by atoms with Gasteiger partial charge in [-0.25, -0.2) is 6.57 Å². The second-order valence-electron chi connectivity index (χ2n) is 4.75. The van der Waals surface area contributed by atoms with Gasteiger partial charge in [-0.2, -0.15) is 0 Å². The average Bonchev–Trinajstić information content (AvgIpc) is 2.02. The number of hydrogen-bond acceptors (Lipinski definition) is 1. The zero-order valence-corrected chi connectivity index (χ0v) is 9.84. The van der Waals surface area contributed by atoms with Crippen LogP contribution in [0.4, 0.5) is 0 Å². The summed E-state index contributed by atoms with van der Waals surface area (Å²) in [5.41, 5.74) is 0. The predicted molar refractivity (Wildman–Crippen MR) is 57.1 cm³/mol. The molecule has 0 spiro atoms. The molecular formula is C10H19NOSi. The summed E-state index contributed by atoms with van der Waals surface area (Å²) in [5.74, 6) is 0. The fourth-order valence-corrected chi connectivity index (χ4v) is 3.00. The Morgan fingerprint density at radius 3 is 2.38 bits per heavy atom. The van der Waals surface area contributed by atoms with Crippen LogP contribution in [-0.2, 0) is 4.43 Å². The molecule has 13 heavy (non-hydrogen) atoms. The highest BCUT2D eigenvalue weighted by molar-refractivity contribution is 6.69. The second kappa shape index (κ2) is 4.25. The maximum atomic E-state index is 7.10. The molecule has 1 rings (SSSR count). The van der Waals surface area contributed by atoms with Crippen molar-refractivity contribution in [2.24, 2.45) is 0 Å². The Bertz CT molecular complexity index is 204. The number of rotatable bonds is 2. The molecule has 3 heteroatoms. The first-order valence-electron chi connectivity index (χ1n) is 5.07. The molecule has 0 amide bonds. The van der Waals surface area contributed by atoms with Crippen LogP contribution in [-0.4, -0.2) is 20.5 Å². The lowest BCUT2D eigenvalue weighted by molar-refractivity contribution is 0.140. The molecule has 0 aromatic rings. The largest absolute Gasteiger partial charge is 0.407 e. The molecule has 0 heterocycles. The fraction of sp³-hybridized carbons (Fsp3) is 0.900. The molecule has 2 nitrogen and oxygen atoms in total. The van der Waals surface area contributed by atoms with Gasteiger partial charge in [0, 0.05) is 6.42 Å². The standard InChI is InChI=1S/C10H19NOSi/c1-11-9-7-5-6-8-10(9)12-13(2,3)4/h9-10H,5-8H2,2-4H3/t9?,10-/m1/s1. The Kier molecular flexibility index (Phi) is 3.52. The predicted octanol–water partition coefficient (Wildman–Crippen LogP) is 3.07. The van der Waals surface area contributed by atoms with E-state index in [0.717, 1.165) is 12.8 Å². The lowest BCUT2D eigenvalue weighted by atomic mass is 9.93. The van der Waals surface area contributed by atoms with E-state index in [-0.39, 0.29) is 12.1 Å². The van der Waals surface area contributed by atoms with Crippen LogP contribution in [0.25, 0.3) is 4.85 Å². The van der Waals surface area contributed by atoms with Crippen molar-refractivity contribution in [3.63, 3.8) is 0 Å². The Labute approximate surface area is 82.2 Å². The van der Waals surface area contributed by atoms with Crippen LogP contribution in [0.3, 0.4) is 0 Å². The van der Waals surface area contributed by atoms with Crippen LogP contribution in [0.2, 0.25) is 19.6 Å². The van der Waals surface area contributed by atoms with Crippen LogP contribution in [0.5, 0.6) is 0 Å². The molecule has 0 saturated heterocycles. The molecule has 1 unspecified atom stereocenters. The van der Waals surface area contributed by atoms with Crippen molar-refractivity contribution in [1.29, 1.82) is 0 Å². The third kappa shape index (κ3) is 3.49. The third-order valence-corrected chi connectivity index (χ3v) is 3.35. The van der Waals surface area contributed by atoms with E-state index in [1.165, 1.54) is 12.8 Å². The molecule has 0 bridgehead atoms. The van der Waals surface area contributed by atoms with E-state index >= 15 is 0 Å². The first kappa shape index (κ1) is 10.7. The summed E-state index contributed by atoms with van der Waals surface area (Å²) in [4.78, 5) is 3.66. The Balaban J connectivity index is 2.51. The van der Waals surface area contributed by atoms with Gasteiger partial charge in [-0.1, -0.05) is 6.42 Å². The SMILES string of the molecule is [C-]#[N+]C1CCCC[C@H]1O[Si](C)(C)C. The molecular weight excluding hydrogens is 178 g/mol. The normalized spacial score (nSPS) is 29.7. The van der Waals surface area contributed by atoms with E-state index in [0.29, 0.717) is 0 Å². The maximum absolute atomic E-state index is 7.10. The van der Waals surface area contributed by atoms with Crippen LogP contribution < -0.4 is 0 Å². The van der Waals surface area contributed by atoms with E-state index in [2.05, 4.69) is 24.5 Å². The van der Waals surface area contributed by atoms with Gasteiger partial charge in [0.2, 0.25) is 6.04 Å². The summed E-state index contributed by atoms with van der Waals surface area (Å²) in [6, 6.07) is 0.139. The maximum Gasteiger partial charge on any atom is 0.248 e. The van der Waals surface area contributed by atoms with E-state index < -0.39 is 8.32 Å². The van der Waals surface area contributed by atoms with Crippen molar-refractivity contribution >= 4 is 8.32 Å². The minimum Gasteiger partial charge on any atom is -0.407 e. The number of nitrogens with zero attached hydrogens (tertiary/aromatic N) is 1. The van der Waals surface area contributed by atoms with E-state index in [4.69, 9.17) is 11.0 Å². The average molecular weight is 197 g/mol. The number of hydrogen-bond donors (Lipinski definition) is 0. The molecule has 1 aliphatic rings. The summed E-state index contributed by atoms with van der Waals surface area (Å²) < 4.78 is 6.01. The van der Waals surface area contributed by atoms with Gasteiger partial charge >= 0.3 is 0 Å². The topological polar surface area (TPSA) is 13.6 Å². The van der Waals surface area contributed by atoms with Crippen LogP contribution in [0.1, 0.15) is 25.7 Å². The van der Waals surface area contributed by atoms with Crippen molar-refractivity contribution in [3.05, 3.63) is 11.4 Å². The van der Waals surface area contributed by atoms with Gasteiger partial charge in [0.05, 0.1) is 0 Å². The molecule has 0 aromatic carbocycles. The lowest BCUT2D eigenvalue weighted by Gasteiger charge is -2.29. The first-order chi connectivity index (χ1) is 6.03. The summed E-state index contributed by atoms with van der Waals surface area (Å²) >= 11 is 0. The molecule has 1 aliphatic carbocycles. The highest BCUT2D eigenvalue weighted by Gasteiger charge is 2.33. The first-order valence-corrected chi connectivity index (χ1v) is 8.48. The van der Waals surface area contributed by atoms with Crippen LogP contribution >= 0.6 is 0 Å². The van der Waals surface area contributed by atoms with E-state index in [1.54, 1.807) is 0 Å². The molecule has 74 valence electrons. The van der Waals surface area contributed by atoms with Crippen LogP contribution in [0, 0.1) is 6.57 Å². The molecule has 0 aliphatic heterocycles. The van der Waals surface area contributed by atoms with Crippen molar-refractivity contribution in [2.45, 2.75) is 57.5 Å². The van der Waals surface area contributed by atoms with Crippen molar-refractivity contribution in [3.8, 4) is 0 Å². The Morgan fingerprint density at radius 1 is 1.23 bits per heavy atom.